The number of carbonyl (C=O) groups is 2. The Hall–Kier alpha value is -1.76. The molecule has 2 heterocycles. The molecule has 9 N–H and O–H groups in total. The molecule has 4 saturated carbocycles. The van der Waals surface area contributed by atoms with E-state index in [2.05, 4.69) is 40.7 Å². The van der Waals surface area contributed by atoms with Gasteiger partial charge < -0.3 is 64.9 Å². The number of aliphatic hydroxyl groups excluding tert-OH is 8. The molecule has 0 unspecified atom stereocenters. The van der Waals surface area contributed by atoms with Gasteiger partial charge in [-0.2, -0.15) is 0 Å². The highest BCUT2D eigenvalue weighted by Crippen LogP contribution is 2.76. The standard InChI is InChI=1S/C42H66O15/c1-37(2)13-15-42(36(53)57-34-32(50)30(48)28(46)23(19-44)55-34)16-14-39(4)20(21(42)17-37)7-8-24-38(3)11-10-26(41(6,35(51)52)25(38)9-12-40(24,39)5)56-33-31(49)29(47)27(45)22(18-43)54-33/h7,21-34,43-50H,8-19H2,1-6H3,(H,51,52)/t21-,22+,23+,24-,25+,26-,27+,28+,29-,30-,31+,32+,33-,34-,38+,39+,40-,41-,42+/m1/s1. The number of fused-ring (bicyclic) bond motifs is 7. The first-order valence-electron chi connectivity index (χ1n) is 21.0. The number of carbonyl (C=O) groups excluding carboxylic acids is 1. The Morgan fingerprint density at radius 2 is 1.30 bits per heavy atom. The van der Waals surface area contributed by atoms with Crippen LogP contribution in [0.25, 0.3) is 0 Å². The summed E-state index contributed by atoms with van der Waals surface area (Å²) in [6.45, 7) is 11.7. The van der Waals surface area contributed by atoms with Crippen molar-refractivity contribution in [2.75, 3.05) is 13.2 Å². The molecule has 19 atom stereocenters. The van der Waals surface area contributed by atoms with E-state index in [4.69, 9.17) is 18.9 Å². The summed E-state index contributed by atoms with van der Waals surface area (Å²) in [4.78, 5) is 28.1. The van der Waals surface area contributed by atoms with Crippen molar-refractivity contribution < 1.29 is 74.5 Å². The molecule has 0 spiro atoms. The zero-order valence-corrected chi connectivity index (χ0v) is 34.1. The number of aliphatic carboxylic acids is 1. The van der Waals surface area contributed by atoms with E-state index >= 15 is 0 Å². The average molecular weight is 811 g/mol. The van der Waals surface area contributed by atoms with Crippen LogP contribution in [0.5, 0.6) is 0 Å². The van der Waals surface area contributed by atoms with Crippen LogP contribution in [0.4, 0.5) is 0 Å². The van der Waals surface area contributed by atoms with Gasteiger partial charge in [-0.25, -0.2) is 0 Å². The lowest BCUT2D eigenvalue weighted by Crippen LogP contribution is -2.67. The van der Waals surface area contributed by atoms with Crippen molar-refractivity contribution in [1.82, 2.24) is 0 Å². The molecule has 0 bridgehead atoms. The number of esters is 1. The average Bonchev–Trinajstić information content (AvgIpc) is 3.16. The van der Waals surface area contributed by atoms with Crippen LogP contribution < -0.4 is 0 Å². The van der Waals surface area contributed by atoms with Gasteiger partial charge in [0.05, 0.1) is 30.1 Å². The molecule has 0 aromatic rings. The lowest BCUT2D eigenvalue weighted by molar-refractivity contribution is -0.329. The van der Waals surface area contributed by atoms with Crippen molar-refractivity contribution in [2.24, 2.45) is 50.2 Å². The molecule has 15 nitrogen and oxygen atoms in total. The van der Waals surface area contributed by atoms with Crippen molar-refractivity contribution in [2.45, 2.75) is 173 Å². The van der Waals surface area contributed by atoms with E-state index < -0.39 is 109 Å². The van der Waals surface area contributed by atoms with Crippen LogP contribution in [0.15, 0.2) is 11.6 Å². The molecule has 7 rings (SSSR count). The van der Waals surface area contributed by atoms with Crippen LogP contribution >= 0.6 is 0 Å². The van der Waals surface area contributed by atoms with Gasteiger partial charge in [-0.15, -0.1) is 0 Å². The van der Waals surface area contributed by atoms with E-state index in [1.54, 1.807) is 6.92 Å². The molecule has 0 aromatic carbocycles. The van der Waals surface area contributed by atoms with Crippen LogP contribution in [-0.4, -0.2) is 139 Å². The maximum absolute atomic E-state index is 14.6. The first-order chi connectivity index (χ1) is 26.6. The van der Waals surface area contributed by atoms with Crippen LogP contribution in [-0.2, 0) is 28.5 Å². The second kappa shape index (κ2) is 14.7. The highest BCUT2D eigenvalue weighted by Gasteiger charge is 2.71. The summed E-state index contributed by atoms with van der Waals surface area (Å²) in [5, 5.41) is 93.7. The number of aliphatic hydroxyl groups is 8. The second-order valence-corrected chi connectivity index (χ2v) is 20.4. The zero-order chi connectivity index (χ0) is 41.8. The summed E-state index contributed by atoms with van der Waals surface area (Å²) in [5.74, 6) is -1.98. The minimum atomic E-state index is -1.70. The van der Waals surface area contributed by atoms with E-state index in [9.17, 15) is 55.5 Å². The number of ether oxygens (including phenoxy) is 4. The predicted molar refractivity (Wildman–Crippen MR) is 200 cm³/mol. The lowest BCUT2D eigenvalue weighted by Gasteiger charge is -2.71. The van der Waals surface area contributed by atoms with Crippen molar-refractivity contribution in [3.05, 3.63) is 11.6 Å². The van der Waals surface area contributed by atoms with Gasteiger partial charge >= 0.3 is 11.9 Å². The van der Waals surface area contributed by atoms with Crippen molar-refractivity contribution >= 4 is 11.9 Å². The van der Waals surface area contributed by atoms with Gasteiger partial charge in [-0.1, -0.05) is 46.3 Å². The fraction of sp³-hybridized carbons (Fsp3) is 0.905. The van der Waals surface area contributed by atoms with Crippen LogP contribution in [0.2, 0.25) is 0 Å². The topological polar surface area (TPSA) is 253 Å². The first kappa shape index (κ1) is 43.3. The SMILES string of the molecule is CC1(C)CC[C@]2(C(=O)O[C@H]3O[C@@H](CO)[C@H](O)[C@@H](O)[C@@H]3O)CC[C@@]3(C)C(=CC[C@@H]4[C@]5(C)CC[C@@H](O[C@H]6O[C@@H](CO)[C@H](O)[C@@H](O)[C@@H]6O)[C@](C)(C(=O)O)[C@H]5CC[C@]43C)[C@H]2C1. The normalized spacial score (nSPS) is 53.3. The monoisotopic (exact) mass is 810 g/mol. The number of hydrogen-bond acceptors (Lipinski definition) is 14. The molecule has 5 aliphatic carbocycles. The largest absolute Gasteiger partial charge is 0.481 e. The van der Waals surface area contributed by atoms with Crippen LogP contribution in [0.1, 0.15) is 106 Å². The Kier molecular flexibility index (Phi) is 11.2. The lowest BCUT2D eigenvalue weighted by atomic mass is 9.33. The highest BCUT2D eigenvalue weighted by atomic mass is 16.7. The molecule has 6 fully saturated rings. The van der Waals surface area contributed by atoms with Gasteiger partial charge in [0.2, 0.25) is 6.29 Å². The number of hydrogen-bond donors (Lipinski definition) is 9. The Balaban J connectivity index is 1.19. The molecular weight excluding hydrogens is 744 g/mol. The number of allylic oxidation sites excluding steroid dienone is 2. The second-order valence-electron chi connectivity index (χ2n) is 20.4. The maximum Gasteiger partial charge on any atom is 0.315 e. The Labute approximate surface area is 334 Å². The summed E-state index contributed by atoms with van der Waals surface area (Å²) in [7, 11) is 0. The van der Waals surface area contributed by atoms with E-state index in [0.29, 0.717) is 44.9 Å². The predicted octanol–water partition coefficient (Wildman–Crippen LogP) is 1.38. The summed E-state index contributed by atoms with van der Waals surface area (Å²) >= 11 is 0. The van der Waals surface area contributed by atoms with Gasteiger partial charge in [-0.3, -0.25) is 9.59 Å². The molecular formula is C42H66O15. The van der Waals surface area contributed by atoms with Crippen molar-refractivity contribution in [3.63, 3.8) is 0 Å². The summed E-state index contributed by atoms with van der Waals surface area (Å²) in [5.41, 5.74) is -2.26. The molecule has 0 aromatic heterocycles. The van der Waals surface area contributed by atoms with E-state index in [1.165, 1.54) is 5.57 Å². The van der Waals surface area contributed by atoms with Crippen LogP contribution in [0.3, 0.4) is 0 Å². The zero-order valence-electron chi connectivity index (χ0n) is 34.1. The maximum atomic E-state index is 14.6. The highest BCUT2D eigenvalue weighted by molar-refractivity contribution is 5.79. The van der Waals surface area contributed by atoms with Crippen molar-refractivity contribution in [3.8, 4) is 0 Å². The van der Waals surface area contributed by atoms with E-state index in [0.717, 1.165) is 19.3 Å². The smallest absolute Gasteiger partial charge is 0.315 e. The van der Waals surface area contributed by atoms with Gasteiger partial charge in [0, 0.05) is 0 Å². The minimum Gasteiger partial charge on any atom is -0.481 e. The van der Waals surface area contributed by atoms with Gasteiger partial charge in [0.1, 0.15) is 48.8 Å². The van der Waals surface area contributed by atoms with E-state index in [1.807, 2.05) is 0 Å². The molecule has 7 aliphatic rings. The van der Waals surface area contributed by atoms with Gasteiger partial charge in [-0.05, 0) is 111 Å². The quantitative estimate of drug-likeness (QED) is 0.100. The minimum absolute atomic E-state index is 0.0783. The molecule has 324 valence electrons. The van der Waals surface area contributed by atoms with E-state index in [-0.39, 0.29) is 34.0 Å². The molecule has 57 heavy (non-hydrogen) atoms. The third-order valence-electron chi connectivity index (χ3n) is 17.3. The third kappa shape index (κ3) is 6.30. The van der Waals surface area contributed by atoms with Crippen molar-refractivity contribution in [1.29, 1.82) is 0 Å². The molecule has 0 radical (unpaired) electrons. The Morgan fingerprint density at radius 1 is 0.719 bits per heavy atom. The Bertz CT molecular complexity index is 1580. The first-order valence-corrected chi connectivity index (χ1v) is 21.0. The fourth-order valence-corrected chi connectivity index (χ4v) is 13.5. The van der Waals surface area contributed by atoms with Gasteiger partial charge in [0.15, 0.2) is 6.29 Å². The fourth-order valence-electron chi connectivity index (χ4n) is 13.5. The number of carboxylic acid groups (broad SMARTS) is 1. The molecule has 0 amide bonds. The Morgan fingerprint density at radius 3 is 1.89 bits per heavy atom. The molecule has 2 saturated heterocycles. The summed E-state index contributed by atoms with van der Waals surface area (Å²) in [6.07, 6.45) is -7.58. The summed E-state index contributed by atoms with van der Waals surface area (Å²) in [6, 6.07) is 0. The van der Waals surface area contributed by atoms with Crippen LogP contribution in [0, 0.1) is 50.2 Å². The third-order valence-corrected chi connectivity index (χ3v) is 17.3. The molecule has 2 aliphatic heterocycles. The number of carboxylic acids is 1. The summed E-state index contributed by atoms with van der Waals surface area (Å²) < 4.78 is 23.5. The van der Waals surface area contributed by atoms with Gasteiger partial charge in [0.25, 0.3) is 0 Å². The molecule has 15 heteroatoms. The number of rotatable bonds is 7.